The minimum absolute atomic E-state index is 0.171. The highest BCUT2D eigenvalue weighted by Crippen LogP contribution is 2.21. The summed E-state index contributed by atoms with van der Waals surface area (Å²) in [6.07, 6.45) is 1.62. The Bertz CT molecular complexity index is 1070. The van der Waals surface area contributed by atoms with E-state index in [-0.39, 0.29) is 11.5 Å². The molecule has 3 aromatic carbocycles. The Labute approximate surface area is 176 Å². The Kier molecular flexibility index (Phi) is 6.86. The van der Waals surface area contributed by atoms with Gasteiger partial charge in [0.1, 0.15) is 18.1 Å². The number of nitriles is 1. The van der Waals surface area contributed by atoms with Crippen LogP contribution in [0.2, 0.25) is 0 Å². The van der Waals surface area contributed by atoms with Crippen LogP contribution in [0, 0.1) is 11.3 Å². The smallest absolute Gasteiger partial charge is 0.229 e. The lowest BCUT2D eigenvalue weighted by atomic mass is 10.1. The van der Waals surface area contributed by atoms with Gasteiger partial charge >= 0.3 is 0 Å². The number of carbonyl (C=O) groups is 1. The number of ether oxygens (including phenoxy) is 2. The van der Waals surface area contributed by atoms with Crippen molar-refractivity contribution in [3.63, 3.8) is 0 Å². The Morgan fingerprint density at radius 3 is 2.37 bits per heavy atom. The van der Waals surface area contributed by atoms with E-state index in [0.29, 0.717) is 29.2 Å². The second-order valence-electron chi connectivity index (χ2n) is 6.83. The van der Waals surface area contributed by atoms with Crippen molar-refractivity contribution >= 4 is 5.78 Å². The monoisotopic (exact) mass is 398 g/mol. The standard InChI is InChI=1S/C25H22N2O3/c1-27(2)17-24(30-22-13-11-19(16-26)12-14-22)25(28)21-9-6-10-23(15-21)29-18-20-7-4-3-5-8-20/h3-15,17H,18H2,1-2H3/b24-17-. The fourth-order valence-corrected chi connectivity index (χ4v) is 2.70. The highest BCUT2D eigenvalue weighted by atomic mass is 16.5. The second kappa shape index (κ2) is 9.94. The van der Waals surface area contributed by atoms with Gasteiger partial charge in [-0.2, -0.15) is 5.26 Å². The molecule has 5 nitrogen and oxygen atoms in total. The maximum atomic E-state index is 13.1. The molecule has 150 valence electrons. The van der Waals surface area contributed by atoms with Crippen molar-refractivity contribution in [1.82, 2.24) is 4.90 Å². The first-order chi connectivity index (χ1) is 14.5. The van der Waals surface area contributed by atoms with Gasteiger partial charge in [0.2, 0.25) is 5.78 Å². The van der Waals surface area contributed by atoms with Crippen LogP contribution in [0.5, 0.6) is 11.5 Å². The molecule has 0 atom stereocenters. The summed E-state index contributed by atoms with van der Waals surface area (Å²) in [6, 6.07) is 25.5. The molecule has 0 fully saturated rings. The van der Waals surface area contributed by atoms with E-state index < -0.39 is 0 Å². The highest BCUT2D eigenvalue weighted by molar-refractivity contribution is 6.07. The van der Waals surface area contributed by atoms with Gasteiger partial charge < -0.3 is 14.4 Å². The number of ketones is 1. The van der Waals surface area contributed by atoms with Crippen molar-refractivity contribution in [2.24, 2.45) is 0 Å². The predicted octanol–water partition coefficient (Wildman–Crippen LogP) is 4.80. The molecule has 5 heteroatoms. The first kappa shape index (κ1) is 20.7. The molecule has 0 amide bonds. The molecule has 0 bridgehead atoms. The van der Waals surface area contributed by atoms with E-state index in [0.717, 1.165) is 5.56 Å². The number of benzene rings is 3. The van der Waals surface area contributed by atoms with Crippen LogP contribution in [0.1, 0.15) is 21.5 Å². The zero-order chi connectivity index (χ0) is 21.3. The largest absolute Gasteiger partial charge is 0.489 e. The number of rotatable bonds is 8. The summed E-state index contributed by atoms with van der Waals surface area (Å²) >= 11 is 0. The molecule has 0 aliphatic carbocycles. The summed E-state index contributed by atoms with van der Waals surface area (Å²) in [6.45, 7) is 0.417. The van der Waals surface area contributed by atoms with E-state index in [1.807, 2.05) is 50.5 Å². The Morgan fingerprint density at radius 1 is 0.967 bits per heavy atom. The molecule has 0 saturated heterocycles. The summed E-state index contributed by atoms with van der Waals surface area (Å²) in [5.74, 6) is 0.988. The minimum atomic E-state index is -0.266. The third-order valence-corrected chi connectivity index (χ3v) is 4.16. The predicted molar refractivity (Wildman–Crippen MR) is 115 cm³/mol. The first-order valence-electron chi connectivity index (χ1n) is 9.43. The molecule has 0 heterocycles. The summed E-state index contributed by atoms with van der Waals surface area (Å²) in [5.41, 5.74) is 2.03. The van der Waals surface area contributed by atoms with Crippen molar-refractivity contribution < 1.29 is 14.3 Å². The molecular formula is C25H22N2O3. The Morgan fingerprint density at radius 2 is 1.70 bits per heavy atom. The third kappa shape index (κ3) is 5.73. The van der Waals surface area contributed by atoms with Gasteiger partial charge in [0.05, 0.1) is 11.6 Å². The summed E-state index contributed by atoms with van der Waals surface area (Å²) in [4.78, 5) is 14.8. The van der Waals surface area contributed by atoms with Crippen LogP contribution in [0.25, 0.3) is 0 Å². The molecular weight excluding hydrogens is 376 g/mol. The van der Waals surface area contributed by atoms with Crippen molar-refractivity contribution in [2.45, 2.75) is 6.61 Å². The van der Waals surface area contributed by atoms with Gasteiger partial charge in [-0.25, -0.2) is 0 Å². The molecule has 0 spiro atoms. The highest BCUT2D eigenvalue weighted by Gasteiger charge is 2.16. The average Bonchev–Trinajstić information content (AvgIpc) is 2.78. The summed E-state index contributed by atoms with van der Waals surface area (Å²) < 4.78 is 11.7. The van der Waals surface area contributed by atoms with Crippen LogP contribution in [0.4, 0.5) is 0 Å². The van der Waals surface area contributed by atoms with Gasteiger partial charge in [0, 0.05) is 25.9 Å². The molecule has 3 rings (SSSR count). The van der Waals surface area contributed by atoms with Crippen LogP contribution in [0.3, 0.4) is 0 Å². The average molecular weight is 398 g/mol. The van der Waals surface area contributed by atoms with E-state index in [1.165, 1.54) is 0 Å². The zero-order valence-electron chi connectivity index (χ0n) is 16.9. The SMILES string of the molecule is CN(C)/C=C(\Oc1ccc(C#N)cc1)C(=O)c1cccc(OCc2ccccc2)c1. The molecule has 3 aromatic rings. The Balaban J connectivity index is 1.77. The second-order valence-corrected chi connectivity index (χ2v) is 6.83. The lowest BCUT2D eigenvalue weighted by Gasteiger charge is -2.14. The number of hydrogen-bond acceptors (Lipinski definition) is 5. The topological polar surface area (TPSA) is 62.6 Å². The molecule has 0 aromatic heterocycles. The molecule has 0 aliphatic rings. The normalized spacial score (nSPS) is 10.8. The van der Waals surface area contributed by atoms with Gasteiger partial charge in [0.15, 0.2) is 5.76 Å². The molecule has 0 unspecified atom stereocenters. The number of carbonyl (C=O) groups excluding carboxylic acids is 1. The van der Waals surface area contributed by atoms with Crippen LogP contribution in [0.15, 0.2) is 90.8 Å². The summed E-state index contributed by atoms with van der Waals surface area (Å²) in [5, 5.41) is 8.93. The van der Waals surface area contributed by atoms with Crippen LogP contribution in [-0.2, 0) is 6.61 Å². The molecule has 0 radical (unpaired) electrons. The molecule has 0 N–H and O–H groups in total. The molecule has 0 aliphatic heterocycles. The number of nitrogens with zero attached hydrogens (tertiary/aromatic N) is 2. The number of hydrogen-bond donors (Lipinski definition) is 0. The van der Waals surface area contributed by atoms with E-state index in [1.54, 1.807) is 53.6 Å². The summed E-state index contributed by atoms with van der Waals surface area (Å²) in [7, 11) is 3.63. The number of allylic oxidation sites excluding steroid dienone is 1. The Hall–Kier alpha value is -4.04. The third-order valence-electron chi connectivity index (χ3n) is 4.16. The minimum Gasteiger partial charge on any atom is -0.489 e. The fourth-order valence-electron chi connectivity index (χ4n) is 2.70. The van der Waals surface area contributed by atoms with Crippen LogP contribution in [-0.4, -0.2) is 24.8 Å². The van der Waals surface area contributed by atoms with Crippen LogP contribution >= 0.6 is 0 Å². The van der Waals surface area contributed by atoms with Crippen molar-refractivity contribution in [3.05, 3.63) is 108 Å². The maximum Gasteiger partial charge on any atom is 0.229 e. The van der Waals surface area contributed by atoms with Gasteiger partial charge in [-0.15, -0.1) is 0 Å². The van der Waals surface area contributed by atoms with E-state index in [9.17, 15) is 4.79 Å². The van der Waals surface area contributed by atoms with Crippen LogP contribution < -0.4 is 9.47 Å². The van der Waals surface area contributed by atoms with Crippen molar-refractivity contribution in [1.29, 1.82) is 5.26 Å². The first-order valence-corrected chi connectivity index (χ1v) is 9.43. The van der Waals surface area contributed by atoms with Gasteiger partial charge in [0.25, 0.3) is 0 Å². The maximum absolute atomic E-state index is 13.1. The molecule has 0 saturated carbocycles. The zero-order valence-corrected chi connectivity index (χ0v) is 16.9. The fraction of sp³-hybridized carbons (Fsp3) is 0.120. The van der Waals surface area contributed by atoms with Crippen molar-refractivity contribution in [2.75, 3.05) is 14.1 Å². The van der Waals surface area contributed by atoms with E-state index in [4.69, 9.17) is 14.7 Å². The number of Topliss-reactive ketones (excluding diaryl/α,β-unsaturated/α-hetero) is 1. The van der Waals surface area contributed by atoms with E-state index >= 15 is 0 Å². The molecule has 30 heavy (non-hydrogen) atoms. The van der Waals surface area contributed by atoms with Crippen molar-refractivity contribution in [3.8, 4) is 17.6 Å². The quantitative estimate of drug-likeness (QED) is 0.310. The lowest BCUT2D eigenvalue weighted by Crippen LogP contribution is -2.14. The van der Waals surface area contributed by atoms with Gasteiger partial charge in [-0.1, -0.05) is 42.5 Å². The van der Waals surface area contributed by atoms with Gasteiger partial charge in [-0.3, -0.25) is 4.79 Å². The van der Waals surface area contributed by atoms with Gasteiger partial charge in [-0.05, 0) is 42.0 Å². The van der Waals surface area contributed by atoms with E-state index in [2.05, 4.69) is 6.07 Å². The lowest BCUT2D eigenvalue weighted by molar-refractivity contribution is 0.0982.